The molecule has 3 aromatic carbocycles. The van der Waals surface area contributed by atoms with Gasteiger partial charge in [-0.25, -0.2) is 4.99 Å². The number of hydrogen-bond donors (Lipinski definition) is 4. The van der Waals surface area contributed by atoms with Crippen LogP contribution in [0.25, 0.3) is 45.7 Å². The minimum absolute atomic E-state index is 0. The van der Waals surface area contributed by atoms with Gasteiger partial charge in [-0.05, 0) is 143 Å². The van der Waals surface area contributed by atoms with Gasteiger partial charge >= 0.3 is 19.5 Å². The average molecular weight is 914 g/mol. The molecule has 0 spiro atoms. The Morgan fingerprint density at radius 2 is 1.28 bits per heavy atom. The van der Waals surface area contributed by atoms with Crippen LogP contribution in [0.5, 0.6) is 17.2 Å². The Kier molecular flexibility index (Phi) is 12.6. The summed E-state index contributed by atoms with van der Waals surface area (Å²) < 4.78 is 0. The summed E-state index contributed by atoms with van der Waals surface area (Å²) in [6.45, 7) is 17.3. The Hall–Kier alpha value is -6.18. The third-order valence-corrected chi connectivity index (χ3v) is 13.6. The summed E-state index contributed by atoms with van der Waals surface area (Å²) in [4.78, 5) is 35.3. The number of carbonyl (C=O) groups is 1. The molecule has 0 saturated heterocycles. The fourth-order valence-corrected chi connectivity index (χ4v) is 10.8. The van der Waals surface area contributed by atoms with Gasteiger partial charge < -0.3 is 30.3 Å². The first-order valence-electron chi connectivity index (χ1n) is 23.2. The van der Waals surface area contributed by atoms with E-state index in [4.69, 9.17) is 15.0 Å². The van der Waals surface area contributed by atoms with Crippen molar-refractivity contribution in [2.24, 2.45) is 4.99 Å². The first-order chi connectivity index (χ1) is 31.0. The maximum absolute atomic E-state index is 14.6. The number of allylic oxidation sites excluding steroid dienone is 4. The summed E-state index contributed by atoms with van der Waals surface area (Å²) in [6, 6.07) is 14.1. The number of benzene rings is 3. The Labute approximate surface area is 393 Å². The molecule has 0 amide bonds. The summed E-state index contributed by atoms with van der Waals surface area (Å²) >= 11 is 0. The van der Waals surface area contributed by atoms with E-state index in [9.17, 15) is 20.1 Å². The first-order valence-corrected chi connectivity index (χ1v) is 23.2. The Morgan fingerprint density at radius 1 is 0.615 bits per heavy atom. The van der Waals surface area contributed by atoms with Gasteiger partial charge in [0.2, 0.25) is 0 Å². The zero-order chi connectivity index (χ0) is 45.1. The molecule has 1 aliphatic carbocycles. The summed E-state index contributed by atoms with van der Waals surface area (Å²) in [6.07, 6.45) is 13.4. The van der Waals surface area contributed by atoms with Crippen molar-refractivity contribution in [2.75, 3.05) is 0 Å². The standard InChI is InChI=1S/C56H57N4O4.Zn/c1-9-33-37(13-5)53-51(49-41-25-31(61)21-17-29(41)19-23-47(49)63)54-39(15-7)35(11-3)45(59-54)28-46-36(12-4)40(16-8)56(60-46)52(50-42-26-32(62)22-18-30(42)20-24-48(50)64)55-38(14-6)34(10-2)44(58-55)27-43(33)57-53;/h17-28H,9-16H2,1-8H3,(H5-,57,58,59,60,61,62,63,64);/q-1;+2/p-1/b43-27-,44-27?,45-28-,46-28?,53-51-,54-51?,55-52?,56-52?;. The van der Waals surface area contributed by atoms with Crippen LogP contribution in [0.2, 0.25) is 0 Å². The smallest absolute Gasteiger partial charge is 0.657 e. The number of H-pyrrole nitrogens is 1. The first kappa shape index (κ1) is 45.4. The number of carbonyl (C=O) groups excluding carboxylic acids is 1. The van der Waals surface area contributed by atoms with Gasteiger partial charge in [0.15, 0.2) is 5.78 Å². The van der Waals surface area contributed by atoms with Gasteiger partial charge in [0, 0.05) is 22.5 Å². The Morgan fingerprint density at radius 3 is 1.95 bits per heavy atom. The molecule has 8 nitrogen and oxygen atoms in total. The van der Waals surface area contributed by atoms with Crippen LogP contribution in [-0.4, -0.2) is 31.8 Å². The fourth-order valence-electron chi connectivity index (χ4n) is 10.8. The molecule has 8 bridgehead atoms. The normalized spacial score (nSPS) is 17.8. The van der Waals surface area contributed by atoms with Crippen molar-refractivity contribution >= 4 is 57.2 Å². The molecule has 2 aliphatic heterocycles. The molecule has 65 heavy (non-hydrogen) atoms. The van der Waals surface area contributed by atoms with Gasteiger partial charge in [-0.2, -0.15) is 0 Å². The molecule has 5 heterocycles. The maximum atomic E-state index is 14.6. The largest absolute Gasteiger partial charge is 2.00 e. The van der Waals surface area contributed by atoms with Gasteiger partial charge in [-0.1, -0.05) is 114 Å². The van der Waals surface area contributed by atoms with Crippen molar-refractivity contribution in [2.45, 2.75) is 107 Å². The van der Waals surface area contributed by atoms with E-state index in [0.717, 1.165) is 124 Å². The van der Waals surface area contributed by atoms with E-state index in [1.807, 2.05) is 24.3 Å². The quantitative estimate of drug-likeness (QED) is 0.0843. The number of fused-ring (bicyclic) bond motifs is 9. The third kappa shape index (κ3) is 7.23. The second-order valence-electron chi connectivity index (χ2n) is 16.9. The number of nitrogens with one attached hydrogen (secondary N) is 1. The number of nitrogens with zero attached hydrogens (tertiary/aromatic N) is 3. The summed E-state index contributed by atoms with van der Waals surface area (Å²) in [7, 11) is 0. The molecule has 0 unspecified atom stereocenters. The van der Waals surface area contributed by atoms with Crippen LogP contribution in [0.15, 0.2) is 76.4 Å². The molecule has 6 aromatic rings. The van der Waals surface area contributed by atoms with Crippen LogP contribution in [0, 0.1) is 0 Å². The van der Waals surface area contributed by atoms with Crippen molar-refractivity contribution in [3.05, 3.63) is 155 Å². The van der Waals surface area contributed by atoms with Gasteiger partial charge in [0.1, 0.15) is 17.2 Å². The number of aromatic hydroxyl groups is 3. The second kappa shape index (κ2) is 18.0. The summed E-state index contributed by atoms with van der Waals surface area (Å²) in [5.41, 5.74) is 17.8. The molecular weight excluding hydrogens is 858 g/mol. The van der Waals surface area contributed by atoms with E-state index < -0.39 is 0 Å². The van der Waals surface area contributed by atoms with E-state index in [0.29, 0.717) is 60.6 Å². The summed E-state index contributed by atoms with van der Waals surface area (Å²) in [5, 5.41) is 37.1. The number of aromatic nitrogens is 3. The maximum Gasteiger partial charge on any atom is 2.00 e. The zero-order valence-corrected chi connectivity index (χ0v) is 41.9. The monoisotopic (exact) mass is 912 g/mol. The molecule has 3 aliphatic rings. The van der Waals surface area contributed by atoms with Crippen LogP contribution in [-0.2, 0) is 62.8 Å². The van der Waals surface area contributed by atoms with Gasteiger partial charge in [0.05, 0.1) is 11.4 Å². The van der Waals surface area contributed by atoms with E-state index in [2.05, 4.69) is 72.5 Å². The van der Waals surface area contributed by atoms with Gasteiger partial charge in [0.25, 0.3) is 0 Å². The predicted molar refractivity (Wildman–Crippen MR) is 260 cm³/mol. The number of aromatic amines is 1. The molecule has 3 aromatic heterocycles. The number of aliphatic imine (C=N–C) groups is 1. The second-order valence-corrected chi connectivity index (χ2v) is 16.9. The molecule has 9 rings (SSSR count). The average Bonchev–Trinajstić information content (AvgIpc) is 4.04. The Balaban J connectivity index is 0.00000576. The molecule has 326 valence electrons. The molecule has 0 fully saturated rings. The van der Waals surface area contributed by atoms with Crippen LogP contribution >= 0.6 is 0 Å². The van der Waals surface area contributed by atoms with Crippen molar-refractivity contribution in [3.63, 3.8) is 0 Å². The number of rotatable bonds is 9. The predicted octanol–water partition coefficient (Wildman–Crippen LogP) is 10.1. The van der Waals surface area contributed by atoms with Gasteiger partial charge in [-0.15, -0.1) is 22.1 Å². The van der Waals surface area contributed by atoms with Gasteiger partial charge in [-0.3, -0.25) is 4.79 Å². The fraction of sp³-hybridized carbons (Fsp3) is 0.286. The summed E-state index contributed by atoms with van der Waals surface area (Å²) in [5.74, 6) is 0.142. The van der Waals surface area contributed by atoms with Crippen LogP contribution in [0.1, 0.15) is 141 Å². The van der Waals surface area contributed by atoms with E-state index in [-0.39, 0.29) is 42.5 Å². The van der Waals surface area contributed by atoms with E-state index in [1.54, 1.807) is 36.4 Å². The van der Waals surface area contributed by atoms with Crippen molar-refractivity contribution < 1.29 is 39.6 Å². The molecule has 0 atom stereocenters. The number of hydrogen-bond acceptors (Lipinski definition) is 5. The third-order valence-electron chi connectivity index (χ3n) is 13.6. The molecule has 0 saturated carbocycles. The molecular formula is C56H56N4O4Zn. The minimum atomic E-state index is -0.143. The Bertz CT molecular complexity index is 3240. The topological polar surface area (TPSA) is 134 Å². The zero-order valence-electron chi connectivity index (χ0n) is 38.9. The SMILES string of the molecule is CCC1=C(CC)/C2=C/c3[n-]c(c(CC)c3CC)/C(=C3\C(=O)C=Cc4ccc(O)cc43)c3[nH]c(c(CC)c3CC)/C=c3\[n-]/c(c(CC)c3CC)=C(/c3c(O)ccc4ccc(O)cc34)C1=N2.[Zn+2]. The molecule has 4 N–H and O–H groups in total. The number of phenols is 3. The van der Waals surface area contributed by atoms with Crippen LogP contribution < -0.4 is 20.7 Å². The van der Waals surface area contributed by atoms with Crippen molar-refractivity contribution in [3.8, 4) is 17.2 Å². The van der Waals surface area contributed by atoms with Crippen LogP contribution in [0.4, 0.5) is 0 Å². The molecule has 9 heteroatoms. The van der Waals surface area contributed by atoms with Crippen molar-refractivity contribution in [1.82, 2.24) is 15.0 Å². The number of phenolic OH excluding ortho intramolecular Hbond substituents is 3. The van der Waals surface area contributed by atoms with Crippen LogP contribution in [0.3, 0.4) is 0 Å². The van der Waals surface area contributed by atoms with Crippen molar-refractivity contribution in [1.29, 1.82) is 0 Å². The van der Waals surface area contributed by atoms with E-state index >= 15 is 0 Å². The molecule has 0 radical (unpaired) electrons. The number of ketones is 1. The van der Waals surface area contributed by atoms with E-state index in [1.165, 1.54) is 0 Å². The minimum Gasteiger partial charge on any atom is -0.657 e.